The van der Waals surface area contributed by atoms with Crippen molar-refractivity contribution in [1.82, 2.24) is 0 Å². The molecule has 0 bridgehead atoms. The van der Waals surface area contributed by atoms with Crippen molar-refractivity contribution in [2.45, 2.75) is 45.5 Å². The summed E-state index contributed by atoms with van der Waals surface area (Å²) < 4.78 is 6.10. The summed E-state index contributed by atoms with van der Waals surface area (Å²) in [5.74, 6) is 0. The van der Waals surface area contributed by atoms with Gasteiger partial charge in [-0.2, -0.15) is 30.3 Å². The molecule has 0 aliphatic heterocycles. The molecule has 4 heteroatoms. The summed E-state index contributed by atoms with van der Waals surface area (Å²) in [6, 6.07) is 11.0. The van der Waals surface area contributed by atoms with E-state index in [4.69, 9.17) is 14.1 Å². The first kappa shape index (κ1) is 17.3. The van der Waals surface area contributed by atoms with Gasteiger partial charge in [0.1, 0.15) is 0 Å². The standard InChI is InChI=1S/C13H21OSi.ClH.Zn/c1-13(2,3)15(4,5)14-11-12-9-7-6-8-10-12;;/h7-10H,11H2,1-5H3;1H;/q-1;;+2/p-1. The van der Waals surface area contributed by atoms with Crippen molar-refractivity contribution in [3.8, 4) is 0 Å². The van der Waals surface area contributed by atoms with E-state index < -0.39 is 8.32 Å². The fourth-order valence-electron chi connectivity index (χ4n) is 0.998. The molecule has 92 valence electrons. The van der Waals surface area contributed by atoms with Crippen molar-refractivity contribution in [2.24, 2.45) is 0 Å². The van der Waals surface area contributed by atoms with E-state index in [0.717, 1.165) is 23.9 Å². The molecule has 0 fully saturated rings. The Labute approximate surface area is 121 Å². The maximum absolute atomic E-state index is 6.10. The van der Waals surface area contributed by atoms with Gasteiger partial charge < -0.3 is 4.43 Å². The first-order chi connectivity index (χ1) is 7.83. The summed E-state index contributed by atoms with van der Waals surface area (Å²) in [4.78, 5) is 0. The topological polar surface area (TPSA) is 9.23 Å². The number of hydrogen-bond acceptors (Lipinski definition) is 1. The van der Waals surface area contributed by atoms with Gasteiger partial charge in [-0.3, -0.25) is 0 Å². The van der Waals surface area contributed by atoms with Crippen LogP contribution in [0, 0.1) is 6.07 Å². The monoisotopic (exact) mass is 320 g/mol. The van der Waals surface area contributed by atoms with Crippen LogP contribution in [0.1, 0.15) is 26.3 Å². The van der Waals surface area contributed by atoms with E-state index in [1.807, 2.05) is 12.1 Å². The molecule has 1 nitrogen and oxygen atoms in total. The number of benzene rings is 1. The van der Waals surface area contributed by atoms with Crippen molar-refractivity contribution in [2.75, 3.05) is 0 Å². The molecule has 1 aromatic carbocycles. The van der Waals surface area contributed by atoms with E-state index in [1.165, 1.54) is 5.56 Å². The van der Waals surface area contributed by atoms with Gasteiger partial charge in [-0.25, -0.2) is 0 Å². The predicted molar refractivity (Wildman–Crippen MR) is 73.1 cm³/mol. The van der Waals surface area contributed by atoms with Gasteiger partial charge in [-0.05, 0) is 18.1 Å². The minimum absolute atomic E-state index is 0.286. The SMILES string of the molecule is CC(C)(C)[Si](C)(C)OCc1cc[c-]cc1.[Cl][Zn+]. The molecular formula is C13H21ClOSiZn. The fourth-order valence-corrected chi connectivity index (χ4v) is 1.96. The zero-order valence-electron chi connectivity index (χ0n) is 11.5. The summed E-state index contributed by atoms with van der Waals surface area (Å²) in [7, 11) is 3.17. The van der Waals surface area contributed by atoms with Crippen LogP contribution in [0.5, 0.6) is 0 Å². The van der Waals surface area contributed by atoms with Gasteiger partial charge in [-0.15, -0.1) is 5.56 Å². The van der Waals surface area contributed by atoms with Crippen molar-refractivity contribution in [3.05, 3.63) is 35.9 Å². The Morgan fingerprint density at radius 2 is 1.71 bits per heavy atom. The second-order valence-electron chi connectivity index (χ2n) is 5.46. The molecule has 1 aromatic rings. The molecule has 0 amide bonds. The Kier molecular flexibility index (Phi) is 7.82. The predicted octanol–water partition coefficient (Wildman–Crippen LogP) is 4.70. The summed E-state index contributed by atoms with van der Waals surface area (Å²) in [5.41, 5.74) is 1.23. The molecule has 1 rings (SSSR count). The second-order valence-corrected chi connectivity index (χ2v) is 10.3. The van der Waals surface area contributed by atoms with E-state index in [2.05, 4.69) is 52.1 Å². The summed E-state index contributed by atoms with van der Waals surface area (Å²) in [6.07, 6.45) is 0. The van der Waals surface area contributed by atoms with Gasteiger partial charge in [0.15, 0.2) is 8.32 Å². The van der Waals surface area contributed by atoms with Gasteiger partial charge in [0, 0.05) is 6.61 Å². The fraction of sp³-hybridized carbons (Fsp3) is 0.538. The summed E-state index contributed by atoms with van der Waals surface area (Å²) >= 11 is 0.847. The zero-order chi connectivity index (χ0) is 13.5. The number of rotatable bonds is 3. The number of hydrogen-bond donors (Lipinski definition) is 0. The molecule has 0 saturated carbocycles. The molecule has 0 aromatic heterocycles. The van der Waals surface area contributed by atoms with E-state index in [0.29, 0.717) is 0 Å². The van der Waals surface area contributed by atoms with Crippen LogP contribution in [0.15, 0.2) is 24.3 Å². The van der Waals surface area contributed by atoms with Gasteiger partial charge in [-0.1, -0.05) is 20.8 Å². The Morgan fingerprint density at radius 3 is 2.12 bits per heavy atom. The van der Waals surface area contributed by atoms with Gasteiger partial charge >= 0.3 is 27.0 Å². The first-order valence-electron chi connectivity index (χ1n) is 5.68. The molecular weight excluding hydrogens is 301 g/mol. The van der Waals surface area contributed by atoms with Crippen LogP contribution in [0.25, 0.3) is 0 Å². The molecule has 0 spiro atoms. The van der Waals surface area contributed by atoms with Crippen molar-refractivity contribution < 1.29 is 21.7 Å². The average Bonchev–Trinajstić information content (AvgIpc) is 2.29. The van der Waals surface area contributed by atoms with Crippen molar-refractivity contribution in [3.63, 3.8) is 0 Å². The van der Waals surface area contributed by atoms with Gasteiger partial charge in [0.05, 0.1) is 0 Å². The van der Waals surface area contributed by atoms with Crippen LogP contribution in [0.3, 0.4) is 0 Å². The first-order valence-corrected chi connectivity index (χ1v) is 12.5. The molecule has 0 radical (unpaired) electrons. The van der Waals surface area contributed by atoms with Crippen molar-refractivity contribution >= 4 is 18.0 Å². The van der Waals surface area contributed by atoms with Crippen LogP contribution >= 0.6 is 9.69 Å². The minimum atomic E-state index is -1.60. The molecule has 0 atom stereocenters. The molecule has 0 saturated heterocycles. The van der Waals surface area contributed by atoms with E-state index in [-0.39, 0.29) is 5.04 Å². The summed E-state index contributed by atoms with van der Waals surface area (Å²) in [5, 5.41) is 0.286. The molecule has 0 aliphatic carbocycles. The molecule has 0 aliphatic rings. The normalized spacial score (nSPS) is 11.8. The summed E-state index contributed by atoms with van der Waals surface area (Å²) in [6.45, 7) is 12.1. The second kappa shape index (κ2) is 7.68. The van der Waals surface area contributed by atoms with Crippen molar-refractivity contribution in [1.29, 1.82) is 0 Å². The van der Waals surface area contributed by atoms with Crippen LogP contribution in [-0.4, -0.2) is 8.32 Å². The Hall–Kier alpha value is 0.310. The molecule has 0 N–H and O–H groups in total. The van der Waals surface area contributed by atoms with E-state index >= 15 is 0 Å². The molecule has 0 unspecified atom stereocenters. The van der Waals surface area contributed by atoms with E-state index in [1.54, 1.807) is 0 Å². The quantitative estimate of drug-likeness (QED) is 0.579. The van der Waals surface area contributed by atoms with Crippen LogP contribution < -0.4 is 0 Å². The Balaban J connectivity index is 0.00000121. The third-order valence-electron chi connectivity index (χ3n) is 3.19. The van der Waals surface area contributed by atoms with Gasteiger partial charge in [0.2, 0.25) is 0 Å². The Bertz CT molecular complexity index is 309. The molecule has 17 heavy (non-hydrogen) atoms. The van der Waals surface area contributed by atoms with Crippen LogP contribution in [-0.2, 0) is 28.3 Å². The average molecular weight is 322 g/mol. The number of halogens is 1. The Morgan fingerprint density at radius 1 is 1.24 bits per heavy atom. The van der Waals surface area contributed by atoms with Crippen LogP contribution in [0.4, 0.5) is 0 Å². The third kappa shape index (κ3) is 6.15. The molecule has 0 heterocycles. The third-order valence-corrected chi connectivity index (χ3v) is 7.67. The van der Waals surface area contributed by atoms with Crippen LogP contribution in [0.2, 0.25) is 18.1 Å². The van der Waals surface area contributed by atoms with E-state index in [9.17, 15) is 0 Å². The van der Waals surface area contributed by atoms with Gasteiger partial charge in [0.25, 0.3) is 0 Å². The zero-order valence-corrected chi connectivity index (χ0v) is 16.2. The maximum atomic E-state index is 6.10.